The second-order valence-electron chi connectivity index (χ2n) is 4.58. The van der Waals surface area contributed by atoms with Crippen LogP contribution < -0.4 is 5.32 Å². The Bertz CT molecular complexity index is 269. The molecule has 0 aliphatic heterocycles. The van der Waals surface area contributed by atoms with Crippen molar-refractivity contribution in [1.82, 2.24) is 5.32 Å². The summed E-state index contributed by atoms with van der Waals surface area (Å²) in [4.78, 5) is 0. The molecule has 92 valence electrons. The first-order chi connectivity index (χ1) is 7.08. The Balaban J connectivity index is 0.00000225. The maximum atomic E-state index is 4.46. The first kappa shape index (κ1) is 15.8. The number of aryl methyl sites for hydroxylation is 1. The molecule has 1 N–H and O–H groups in total. The van der Waals surface area contributed by atoms with E-state index in [1.807, 2.05) is 0 Å². The fourth-order valence-corrected chi connectivity index (χ4v) is 1.57. The number of thiol groups is 1. The van der Waals surface area contributed by atoms with Crippen molar-refractivity contribution in [2.75, 3.05) is 13.1 Å². The van der Waals surface area contributed by atoms with Crippen molar-refractivity contribution in [3.05, 3.63) is 35.9 Å². The number of halogens is 1. The second-order valence-corrected chi connectivity index (χ2v) is 5.79. The molecule has 1 nitrogen and oxygen atoms in total. The molecule has 0 atom stereocenters. The highest BCUT2D eigenvalue weighted by atomic mass is 35.5. The van der Waals surface area contributed by atoms with Crippen molar-refractivity contribution >= 4 is 25.0 Å². The summed E-state index contributed by atoms with van der Waals surface area (Å²) in [7, 11) is 0. The van der Waals surface area contributed by atoms with E-state index in [-0.39, 0.29) is 17.2 Å². The van der Waals surface area contributed by atoms with Gasteiger partial charge in [-0.1, -0.05) is 30.3 Å². The molecule has 1 aromatic rings. The summed E-state index contributed by atoms with van der Waals surface area (Å²) in [5.74, 6) is 0. The van der Waals surface area contributed by atoms with Crippen molar-refractivity contribution in [3.8, 4) is 0 Å². The third-order valence-electron chi connectivity index (χ3n) is 2.22. The predicted molar refractivity (Wildman–Crippen MR) is 77.9 cm³/mol. The molecule has 0 spiro atoms. The molecule has 0 aromatic heterocycles. The van der Waals surface area contributed by atoms with Crippen LogP contribution in [0, 0.1) is 0 Å². The average Bonchev–Trinajstić information content (AvgIpc) is 2.17. The number of hydrogen-bond donors (Lipinski definition) is 2. The number of rotatable bonds is 6. The van der Waals surface area contributed by atoms with Gasteiger partial charge >= 0.3 is 0 Å². The molecule has 0 radical (unpaired) electrons. The van der Waals surface area contributed by atoms with Gasteiger partial charge in [0.25, 0.3) is 0 Å². The van der Waals surface area contributed by atoms with Crippen molar-refractivity contribution in [1.29, 1.82) is 0 Å². The predicted octanol–water partition coefficient (Wildman–Crippen LogP) is 3.34. The molecule has 1 rings (SSSR count). The molecule has 0 aliphatic rings. The highest BCUT2D eigenvalue weighted by Gasteiger charge is 2.09. The van der Waals surface area contributed by atoms with Crippen LogP contribution in [-0.4, -0.2) is 17.8 Å². The topological polar surface area (TPSA) is 12.0 Å². The second kappa shape index (κ2) is 7.99. The van der Waals surface area contributed by atoms with Crippen LogP contribution in [0.4, 0.5) is 0 Å². The summed E-state index contributed by atoms with van der Waals surface area (Å²) in [6, 6.07) is 10.6. The third-order valence-corrected chi connectivity index (χ3v) is 2.38. The molecule has 0 aliphatic carbocycles. The minimum atomic E-state index is 0. The lowest BCUT2D eigenvalue weighted by Gasteiger charge is -2.17. The molecule has 0 unspecified atom stereocenters. The lowest BCUT2D eigenvalue weighted by Crippen LogP contribution is -2.30. The van der Waals surface area contributed by atoms with Crippen molar-refractivity contribution < 1.29 is 0 Å². The zero-order chi connectivity index (χ0) is 11.1. The van der Waals surface area contributed by atoms with Gasteiger partial charge in [0.1, 0.15) is 0 Å². The Labute approximate surface area is 111 Å². The molecule has 0 saturated carbocycles. The van der Waals surface area contributed by atoms with Gasteiger partial charge in [0.15, 0.2) is 0 Å². The Morgan fingerprint density at radius 2 is 1.81 bits per heavy atom. The first-order valence-corrected chi connectivity index (χ1v) is 6.00. The van der Waals surface area contributed by atoms with Gasteiger partial charge in [0.05, 0.1) is 0 Å². The quantitative estimate of drug-likeness (QED) is 0.590. The standard InChI is InChI=1S/C13H21NS.ClH/c1-13(2,15)11-14-10-6-9-12-7-4-3-5-8-12;/h3-5,7-8,14-15H,6,9-11H2,1-2H3;1H. The molecule has 0 fully saturated rings. The zero-order valence-corrected chi connectivity index (χ0v) is 11.8. The number of nitrogens with one attached hydrogen (secondary N) is 1. The van der Waals surface area contributed by atoms with Gasteiger partial charge in [-0.05, 0) is 38.8 Å². The molecule has 16 heavy (non-hydrogen) atoms. The maximum absolute atomic E-state index is 4.46. The van der Waals surface area contributed by atoms with Crippen molar-refractivity contribution in [3.63, 3.8) is 0 Å². The molecule has 1 aromatic carbocycles. The normalized spacial score (nSPS) is 10.9. The van der Waals surface area contributed by atoms with E-state index in [0.717, 1.165) is 19.5 Å². The third kappa shape index (κ3) is 8.03. The fourth-order valence-electron chi connectivity index (χ4n) is 1.46. The first-order valence-electron chi connectivity index (χ1n) is 5.55. The van der Waals surface area contributed by atoms with Crippen LogP contribution in [-0.2, 0) is 6.42 Å². The molecule has 0 amide bonds. The lowest BCUT2D eigenvalue weighted by atomic mass is 10.1. The Morgan fingerprint density at radius 1 is 1.19 bits per heavy atom. The Morgan fingerprint density at radius 3 is 2.38 bits per heavy atom. The molecular weight excluding hydrogens is 238 g/mol. The van der Waals surface area contributed by atoms with Gasteiger partial charge in [0.2, 0.25) is 0 Å². The van der Waals surface area contributed by atoms with Gasteiger partial charge < -0.3 is 5.32 Å². The van der Waals surface area contributed by atoms with E-state index in [1.54, 1.807) is 0 Å². The van der Waals surface area contributed by atoms with Crippen molar-refractivity contribution in [2.24, 2.45) is 0 Å². The highest BCUT2D eigenvalue weighted by molar-refractivity contribution is 7.81. The van der Waals surface area contributed by atoms with Crippen LogP contribution in [0.2, 0.25) is 0 Å². The zero-order valence-electron chi connectivity index (χ0n) is 10.1. The summed E-state index contributed by atoms with van der Waals surface area (Å²) < 4.78 is 0.0900. The van der Waals surface area contributed by atoms with E-state index in [4.69, 9.17) is 0 Å². The smallest absolute Gasteiger partial charge is 0.0198 e. The molecule has 0 heterocycles. The summed E-state index contributed by atoms with van der Waals surface area (Å²) >= 11 is 4.46. The van der Waals surface area contributed by atoms with Gasteiger partial charge in [-0.3, -0.25) is 0 Å². The van der Waals surface area contributed by atoms with Crippen LogP contribution >= 0.6 is 25.0 Å². The number of benzene rings is 1. The minimum absolute atomic E-state index is 0. The average molecular weight is 260 g/mol. The maximum Gasteiger partial charge on any atom is 0.0198 e. The van der Waals surface area contributed by atoms with Gasteiger partial charge in [-0.25, -0.2) is 0 Å². The Kier molecular flexibility index (Phi) is 7.90. The van der Waals surface area contributed by atoms with Crippen LogP contribution in [0.3, 0.4) is 0 Å². The van der Waals surface area contributed by atoms with Gasteiger partial charge in [-0.15, -0.1) is 12.4 Å². The van der Waals surface area contributed by atoms with E-state index >= 15 is 0 Å². The van der Waals surface area contributed by atoms with E-state index in [9.17, 15) is 0 Å². The Hall–Kier alpha value is -0.180. The monoisotopic (exact) mass is 259 g/mol. The highest BCUT2D eigenvalue weighted by Crippen LogP contribution is 2.09. The summed E-state index contributed by atoms with van der Waals surface area (Å²) in [5, 5.41) is 3.42. The van der Waals surface area contributed by atoms with Gasteiger partial charge in [-0.2, -0.15) is 12.6 Å². The SMILES string of the molecule is CC(C)(S)CNCCCc1ccccc1.Cl. The fraction of sp³-hybridized carbons (Fsp3) is 0.538. The van der Waals surface area contributed by atoms with E-state index < -0.39 is 0 Å². The molecular formula is C13H22ClNS. The van der Waals surface area contributed by atoms with Crippen LogP contribution in [0.25, 0.3) is 0 Å². The number of hydrogen-bond acceptors (Lipinski definition) is 2. The summed E-state index contributed by atoms with van der Waals surface area (Å²) in [5.41, 5.74) is 1.42. The van der Waals surface area contributed by atoms with E-state index in [2.05, 4.69) is 62.1 Å². The van der Waals surface area contributed by atoms with Crippen LogP contribution in [0.15, 0.2) is 30.3 Å². The molecule has 0 saturated heterocycles. The summed E-state index contributed by atoms with van der Waals surface area (Å²) in [6.07, 6.45) is 2.34. The van der Waals surface area contributed by atoms with Crippen LogP contribution in [0.5, 0.6) is 0 Å². The van der Waals surface area contributed by atoms with Crippen LogP contribution in [0.1, 0.15) is 25.8 Å². The summed E-state index contributed by atoms with van der Waals surface area (Å²) in [6.45, 7) is 6.28. The van der Waals surface area contributed by atoms with E-state index in [1.165, 1.54) is 12.0 Å². The molecule has 0 bridgehead atoms. The minimum Gasteiger partial charge on any atom is -0.315 e. The van der Waals surface area contributed by atoms with E-state index in [0.29, 0.717) is 0 Å². The largest absolute Gasteiger partial charge is 0.315 e. The van der Waals surface area contributed by atoms with Gasteiger partial charge in [0, 0.05) is 11.3 Å². The lowest BCUT2D eigenvalue weighted by molar-refractivity contribution is 0.578. The molecule has 3 heteroatoms. The van der Waals surface area contributed by atoms with Crippen molar-refractivity contribution in [2.45, 2.75) is 31.4 Å².